The van der Waals surface area contributed by atoms with E-state index in [-0.39, 0.29) is 0 Å². The average molecular weight is 204 g/mol. The van der Waals surface area contributed by atoms with Gasteiger partial charge in [0.25, 0.3) is 0 Å². The maximum absolute atomic E-state index is 8.62. The van der Waals surface area contributed by atoms with Crippen LogP contribution in [0, 0.1) is 11.3 Å². The Bertz CT molecular complexity index is 368. The molecule has 15 heavy (non-hydrogen) atoms. The van der Waals surface area contributed by atoms with Gasteiger partial charge in [0.15, 0.2) is 0 Å². The number of nitrogens with two attached hydrogens (primary N) is 1. The molecule has 0 aliphatic heterocycles. The van der Waals surface area contributed by atoms with Gasteiger partial charge in [0, 0.05) is 5.56 Å². The van der Waals surface area contributed by atoms with Gasteiger partial charge in [0.1, 0.15) is 5.82 Å². The Morgan fingerprint density at radius 1 is 1.47 bits per heavy atom. The number of nitrogens with zero attached hydrogens (tertiary/aromatic N) is 3. The first-order valence-electron chi connectivity index (χ1n) is 5.51. The van der Waals surface area contributed by atoms with Crippen molar-refractivity contribution in [1.82, 2.24) is 9.78 Å². The Morgan fingerprint density at radius 2 is 2.20 bits per heavy atom. The number of anilines is 1. The largest absolute Gasteiger partial charge is 0.384 e. The van der Waals surface area contributed by atoms with E-state index in [4.69, 9.17) is 11.0 Å². The summed E-state index contributed by atoms with van der Waals surface area (Å²) in [6.45, 7) is 0. The van der Waals surface area contributed by atoms with Crippen molar-refractivity contribution in [2.75, 3.05) is 5.73 Å². The lowest BCUT2D eigenvalue weighted by molar-refractivity contribution is 0.333. The van der Waals surface area contributed by atoms with Crippen molar-refractivity contribution < 1.29 is 0 Å². The Labute approximate surface area is 89.7 Å². The third kappa shape index (κ3) is 1.96. The summed E-state index contributed by atoms with van der Waals surface area (Å²) in [5, 5.41) is 12.9. The Morgan fingerprint density at radius 3 is 2.87 bits per heavy atom. The fourth-order valence-electron chi connectivity index (χ4n) is 2.25. The first-order chi connectivity index (χ1) is 7.33. The number of nitrogen functional groups attached to an aromatic ring is 1. The first kappa shape index (κ1) is 10.0. The van der Waals surface area contributed by atoms with Crippen LogP contribution in [-0.4, -0.2) is 9.78 Å². The molecule has 4 heteroatoms. The van der Waals surface area contributed by atoms with Gasteiger partial charge < -0.3 is 5.73 Å². The number of nitriles is 1. The predicted octanol–water partition coefficient (Wildman–Crippen LogP) is 2.04. The van der Waals surface area contributed by atoms with E-state index in [9.17, 15) is 0 Å². The first-order valence-corrected chi connectivity index (χ1v) is 5.51. The second kappa shape index (κ2) is 4.35. The van der Waals surface area contributed by atoms with Crippen LogP contribution in [-0.2, 0) is 6.42 Å². The minimum absolute atomic E-state index is 0.360. The summed E-state index contributed by atoms with van der Waals surface area (Å²) >= 11 is 0. The van der Waals surface area contributed by atoms with E-state index in [2.05, 4.69) is 11.2 Å². The fourth-order valence-corrected chi connectivity index (χ4v) is 2.25. The molecular weight excluding hydrogens is 188 g/mol. The molecule has 0 saturated heterocycles. The molecule has 1 aliphatic rings. The lowest BCUT2D eigenvalue weighted by Gasteiger charge is -2.22. The van der Waals surface area contributed by atoms with Gasteiger partial charge in [-0.05, 0) is 12.8 Å². The Hall–Kier alpha value is -1.50. The number of hydrogen-bond donors (Lipinski definition) is 1. The predicted molar refractivity (Wildman–Crippen MR) is 58.1 cm³/mol. The molecule has 1 heterocycles. The summed E-state index contributed by atoms with van der Waals surface area (Å²) in [6.07, 6.45) is 8.26. The molecule has 0 aromatic carbocycles. The molecule has 0 amide bonds. The molecule has 1 aromatic heterocycles. The number of hydrogen-bond acceptors (Lipinski definition) is 3. The minimum Gasteiger partial charge on any atom is -0.384 e. The minimum atomic E-state index is 0.360. The Balaban J connectivity index is 2.17. The molecule has 1 saturated carbocycles. The molecule has 80 valence electrons. The molecule has 4 nitrogen and oxygen atoms in total. The molecule has 1 aromatic rings. The lowest BCUT2D eigenvalue weighted by atomic mass is 9.95. The summed E-state index contributed by atoms with van der Waals surface area (Å²) in [4.78, 5) is 0. The van der Waals surface area contributed by atoms with Crippen LogP contribution in [0.25, 0.3) is 0 Å². The van der Waals surface area contributed by atoms with Crippen LogP contribution < -0.4 is 5.73 Å². The third-order valence-electron chi connectivity index (χ3n) is 3.10. The van der Waals surface area contributed by atoms with Gasteiger partial charge in [-0.2, -0.15) is 10.4 Å². The zero-order valence-corrected chi connectivity index (χ0v) is 8.82. The molecule has 1 aliphatic carbocycles. The van der Waals surface area contributed by atoms with Gasteiger partial charge in [0.05, 0.1) is 24.7 Å². The monoisotopic (exact) mass is 204 g/mol. The van der Waals surface area contributed by atoms with Crippen molar-refractivity contribution >= 4 is 5.82 Å². The highest BCUT2D eigenvalue weighted by molar-refractivity contribution is 5.40. The smallest absolute Gasteiger partial charge is 0.126 e. The molecule has 2 N–H and O–H groups in total. The molecule has 0 spiro atoms. The van der Waals surface area contributed by atoms with Crippen molar-refractivity contribution in [3.63, 3.8) is 0 Å². The van der Waals surface area contributed by atoms with Crippen LogP contribution in [0.3, 0.4) is 0 Å². The van der Waals surface area contributed by atoms with Crippen molar-refractivity contribution in [1.29, 1.82) is 5.26 Å². The van der Waals surface area contributed by atoms with Crippen LogP contribution in [0.1, 0.15) is 43.7 Å². The summed E-state index contributed by atoms with van der Waals surface area (Å²) in [6, 6.07) is 2.56. The van der Waals surface area contributed by atoms with Gasteiger partial charge in [-0.15, -0.1) is 0 Å². The number of rotatable bonds is 2. The van der Waals surface area contributed by atoms with E-state index in [1.54, 1.807) is 6.20 Å². The summed E-state index contributed by atoms with van der Waals surface area (Å²) in [7, 11) is 0. The van der Waals surface area contributed by atoms with Crippen LogP contribution in [0.5, 0.6) is 0 Å². The zero-order chi connectivity index (χ0) is 10.7. The van der Waals surface area contributed by atoms with Gasteiger partial charge in [-0.1, -0.05) is 19.3 Å². The Kier molecular flexibility index (Phi) is 2.91. The van der Waals surface area contributed by atoms with Crippen molar-refractivity contribution in [2.45, 2.75) is 44.6 Å². The second-order valence-corrected chi connectivity index (χ2v) is 4.13. The number of aromatic nitrogens is 2. The van der Waals surface area contributed by atoms with E-state index < -0.39 is 0 Å². The van der Waals surface area contributed by atoms with Crippen LogP contribution in [0.15, 0.2) is 6.20 Å². The maximum Gasteiger partial charge on any atom is 0.126 e. The molecule has 0 radical (unpaired) electrons. The maximum atomic E-state index is 8.62. The van der Waals surface area contributed by atoms with E-state index in [1.807, 2.05) is 4.68 Å². The van der Waals surface area contributed by atoms with Gasteiger partial charge in [-0.25, -0.2) is 4.68 Å². The van der Waals surface area contributed by atoms with Crippen LogP contribution in [0.4, 0.5) is 5.82 Å². The van der Waals surface area contributed by atoms with Crippen molar-refractivity contribution in [3.8, 4) is 6.07 Å². The van der Waals surface area contributed by atoms with Crippen LogP contribution >= 0.6 is 0 Å². The second-order valence-electron chi connectivity index (χ2n) is 4.13. The summed E-state index contributed by atoms with van der Waals surface area (Å²) < 4.78 is 1.91. The quantitative estimate of drug-likeness (QED) is 0.801. The van der Waals surface area contributed by atoms with Gasteiger partial charge in [-0.3, -0.25) is 0 Å². The highest BCUT2D eigenvalue weighted by Crippen LogP contribution is 2.30. The highest BCUT2D eigenvalue weighted by atomic mass is 15.3. The normalized spacial score (nSPS) is 17.5. The molecule has 2 rings (SSSR count). The molecule has 1 fully saturated rings. The topological polar surface area (TPSA) is 67.6 Å². The van der Waals surface area contributed by atoms with E-state index >= 15 is 0 Å². The van der Waals surface area contributed by atoms with E-state index in [0.717, 1.165) is 18.4 Å². The summed E-state index contributed by atoms with van der Waals surface area (Å²) in [5.74, 6) is 0.684. The lowest BCUT2D eigenvalue weighted by Crippen LogP contribution is -2.16. The zero-order valence-electron chi connectivity index (χ0n) is 8.82. The van der Waals surface area contributed by atoms with E-state index in [1.165, 1.54) is 19.3 Å². The van der Waals surface area contributed by atoms with Gasteiger partial charge >= 0.3 is 0 Å². The molecule has 0 bridgehead atoms. The third-order valence-corrected chi connectivity index (χ3v) is 3.10. The van der Waals surface area contributed by atoms with Crippen molar-refractivity contribution in [3.05, 3.63) is 11.8 Å². The average Bonchev–Trinajstić information content (AvgIpc) is 2.63. The molecule has 0 atom stereocenters. The van der Waals surface area contributed by atoms with Gasteiger partial charge in [0.2, 0.25) is 0 Å². The molecule has 0 unspecified atom stereocenters. The highest BCUT2D eigenvalue weighted by Gasteiger charge is 2.19. The van der Waals surface area contributed by atoms with Crippen LogP contribution in [0.2, 0.25) is 0 Å². The van der Waals surface area contributed by atoms with Crippen molar-refractivity contribution in [2.24, 2.45) is 0 Å². The standard InChI is InChI=1S/C11H16N4/c12-7-6-9-8-14-15(11(9)13)10-4-2-1-3-5-10/h8,10H,1-6,13H2. The SMILES string of the molecule is N#CCc1cnn(C2CCCCC2)c1N. The summed E-state index contributed by atoms with van der Waals surface area (Å²) in [5.41, 5.74) is 6.83. The molecular formula is C11H16N4. The van der Waals surface area contributed by atoms with E-state index in [0.29, 0.717) is 18.3 Å². The fraction of sp³-hybridized carbons (Fsp3) is 0.636.